The van der Waals surface area contributed by atoms with Crippen molar-refractivity contribution in [3.8, 4) is 0 Å². The van der Waals surface area contributed by atoms with Crippen molar-refractivity contribution in [2.75, 3.05) is 11.6 Å². The van der Waals surface area contributed by atoms with E-state index in [1.165, 1.54) is 11.3 Å². The molecule has 2 aromatic rings. The number of thioether (sulfide) groups is 1. The first kappa shape index (κ1) is 14.1. The van der Waals surface area contributed by atoms with Gasteiger partial charge in [-0.05, 0) is 36.4 Å². The summed E-state index contributed by atoms with van der Waals surface area (Å²) >= 11 is 3.12. The Morgan fingerprint density at radius 2 is 2.00 bits per heavy atom. The Hall–Kier alpha value is -1.33. The van der Waals surface area contributed by atoms with Crippen molar-refractivity contribution in [3.05, 3.63) is 40.9 Å². The number of aromatic nitrogens is 1. The van der Waals surface area contributed by atoms with Crippen LogP contribution in [0.3, 0.4) is 0 Å². The molecular weight excluding hydrogens is 276 g/mol. The van der Waals surface area contributed by atoms with E-state index in [0.29, 0.717) is 16.6 Å². The predicted molar refractivity (Wildman–Crippen MR) is 82.4 cm³/mol. The van der Waals surface area contributed by atoms with E-state index >= 15 is 0 Å². The zero-order valence-electron chi connectivity index (χ0n) is 11.1. The standard InChI is InChI=1S/C14H16N2OS2/c1-9(2)12-8-19-14(15-12)16-13(17)10-4-6-11(18-3)7-5-10/h4-9H,1-3H3,(H,15,16,17). The molecule has 0 unspecified atom stereocenters. The van der Waals surface area contributed by atoms with Crippen molar-refractivity contribution in [2.24, 2.45) is 0 Å². The number of hydrogen-bond donors (Lipinski definition) is 1. The first-order valence-electron chi connectivity index (χ1n) is 6.01. The molecule has 1 aromatic heterocycles. The summed E-state index contributed by atoms with van der Waals surface area (Å²) < 4.78 is 0. The molecule has 0 saturated carbocycles. The van der Waals surface area contributed by atoms with Crippen LogP contribution in [-0.2, 0) is 0 Å². The quantitative estimate of drug-likeness (QED) is 0.857. The normalized spacial score (nSPS) is 10.7. The number of hydrogen-bond acceptors (Lipinski definition) is 4. The van der Waals surface area contributed by atoms with Gasteiger partial charge in [0, 0.05) is 15.8 Å². The van der Waals surface area contributed by atoms with Crippen LogP contribution in [0.25, 0.3) is 0 Å². The molecule has 1 N–H and O–H groups in total. The molecule has 0 saturated heterocycles. The number of amides is 1. The third-order valence-corrected chi connectivity index (χ3v) is 4.21. The minimum atomic E-state index is -0.114. The SMILES string of the molecule is CSc1ccc(C(=O)Nc2nc(C(C)C)cs2)cc1. The molecule has 0 aliphatic carbocycles. The molecule has 0 spiro atoms. The molecule has 0 atom stereocenters. The van der Waals surface area contributed by atoms with Crippen molar-refractivity contribution in [3.63, 3.8) is 0 Å². The lowest BCUT2D eigenvalue weighted by Gasteiger charge is -2.03. The second kappa shape index (κ2) is 6.21. The molecule has 1 heterocycles. The van der Waals surface area contributed by atoms with Gasteiger partial charge in [0.15, 0.2) is 5.13 Å². The topological polar surface area (TPSA) is 42.0 Å². The van der Waals surface area contributed by atoms with Gasteiger partial charge in [-0.2, -0.15) is 0 Å². The smallest absolute Gasteiger partial charge is 0.257 e. The molecule has 0 aliphatic rings. The highest BCUT2D eigenvalue weighted by molar-refractivity contribution is 7.98. The third kappa shape index (κ3) is 3.58. The van der Waals surface area contributed by atoms with Crippen LogP contribution in [-0.4, -0.2) is 17.1 Å². The van der Waals surface area contributed by atoms with Crippen LogP contribution in [0.5, 0.6) is 0 Å². The number of nitrogens with one attached hydrogen (secondary N) is 1. The summed E-state index contributed by atoms with van der Waals surface area (Å²) in [6, 6.07) is 7.55. The van der Waals surface area contributed by atoms with Crippen LogP contribution in [0.15, 0.2) is 34.5 Å². The van der Waals surface area contributed by atoms with Crippen LogP contribution in [0.1, 0.15) is 35.8 Å². The zero-order chi connectivity index (χ0) is 13.8. The summed E-state index contributed by atoms with van der Waals surface area (Å²) in [5.74, 6) is 0.264. The largest absolute Gasteiger partial charge is 0.298 e. The highest BCUT2D eigenvalue weighted by Gasteiger charge is 2.10. The van der Waals surface area contributed by atoms with E-state index in [1.54, 1.807) is 11.8 Å². The van der Waals surface area contributed by atoms with Crippen molar-refractivity contribution < 1.29 is 4.79 Å². The number of thiazole rings is 1. The van der Waals surface area contributed by atoms with Gasteiger partial charge in [-0.3, -0.25) is 10.1 Å². The van der Waals surface area contributed by atoms with Crippen LogP contribution in [0.2, 0.25) is 0 Å². The van der Waals surface area contributed by atoms with Crippen LogP contribution in [0.4, 0.5) is 5.13 Å². The third-order valence-electron chi connectivity index (χ3n) is 2.69. The Balaban J connectivity index is 2.06. The molecule has 0 bridgehead atoms. The van der Waals surface area contributed by atoms with Crippen LogP contribution in [0, 0.1) is 0 Å². The van der Waals surface area contributed by atoms with Crippen molar-refractivity contribution in [2.45, 2.75) is 24.7 Å². The molecule has 0 fully saturated rings. The van der Waals surface area contributed by atoms with E-state index in [9.17, 15) is 4.79 Å². The van der Waals surface area contributed by atoms with Gasteiger partial charge in [-0.15, -0.1) is 23.1 Å². The fourth-order valence-electron chi connectivity index (χ4n) is 1.52. The van der Waals surface area contributed by atoms with Gasteiger partial charge in [0.1, 0.15) is 0 Å². The molecule has 0 radical (unpaired) electrons. The molecule has 1 amide bonds. The molecule has 19 heavy (non-hydrogen) atoms. The number of carbonyl (C=O) groups is 1. The predicted octanol–water partition coefficient (Wildman–Crippen LogP) is 4.24. The van der Waals surface area contributed by atoms with Crippen LogP contribution < -0.4 is 5.32 Å². The number of benzene rings is 1. The van der Waals surface area contributed by atoms with Gasteiger partial charge in [0.2, 0.25) is 0 Å². The highest BCUT2D eigenvalue weighted by atomic mass is 32.2. The number of carbonyl (C=O) groups excluding carboxylic acids is 1. The Morgan fingerprint density at radius 1 is 1.32 bits per heavy atom. The minimum absolute atomic E-state index is 0.114. The highest BCUT2D eigenvalue weighted by Crippen LogP contribution is 2.22. The van der Waals surface area contributed by atoms with Crippen molar-refractivity contribution in [1.82, 2.24) is 4.98 Å². The van der Waals surface area contributed by atoms with Crippen molar-refractivity contribution >= 4 is 34.1 Å². The van der Waals surface area contributed by atoms with Gasteiger partial charge in [-0.1, -0.05) is 13.8 Å². The number of anilines is 1. The second-order valence-corrected chi connectivity index (χ2v) is 6.15. The minimum Gasteiger partial charge on any atom is -0.298 e. The maximum Gasteiger partial charge on any atom is 0.257 e. The van der Waals surface area contributed by atoms with Gasteiger partial charge in [-0.25, -0.2) is 4.98 Å². The monoisotopic (exact) mass is 292 g/mol. The van der Waals surface area contributed by atoms with Gasteiger partial charge in [0.25, 0.3) is 5.91 Å². The van der Waals surface area contributed by atoms with Gasteiger partial charge >= 0.3 is 0 Å². The number of nitrogens with zero attached hydrogens (tertiary/aromatic N) is 1. The van der Waals surface area contributed by atoms with E-state index in [2.05, 4.69) is 24.1 Å². The van der Waals surface area contributed by atoms with Gasteiger partial charge < -0.3 is 0 Å². The van der Waals surface area contributed by atoms with E-state index in [1.807, 2.05) is 35.9 Å². The lowest BCUT2D eigenvalue weighted by Crippen LogP contribution is -2.11. The lowest BCUT2D eigenvalue weighted by molar-refractivity contribution is 0.102. The molecule has 2 rings (SSSR count). The molecule has 100 valence electrons. The first-order valence-corrected chi connectivity index (χ1v) is 8.11. The Morgan fingerprint density at radius 3 is 2.53 bits per heavy atom. The second-order valence-electron chi connectivity index (χ2n) is 4.41. The molecular formula is C14H16N2OS2. The van der Waals surface area contributed by atoms with Gasteiger partial charge in [0.05, 0.1) is 5.69 Å². The maximum atomic E-state index is 12.0. The van der Waals surface area contributed by atoms with E-state index < -0.39 is 0 Å². The van der Waals surface area contributed by atoms with E-state index in [-0.39, 0.29) is 5.91 Å². The zero-order valence-corrected chi connectivity index (χ0v) is 12.8. The first-order chi connectivity index (χ1) is 9.10. The summed E-state index contributed by atoms with van der Waals surface area (Å²) in [6.45, 7) is 4.17. The Kier molecular flexibility index (Phi) is 4.61. The molecule has 3 nitrogen and oxygen atoms in total. The molecule has 0 aliphatic heterocycles. The van der Waals surface area contributed by atoms with Crippen LogP contribution >= 0.6 is 23.1 Å². The summed E-state index contributed by atoms with van der Waals surface area (Å²) in [5.41, 5.74) is 1.66. The fourth-order valence-corrected chi connectivity index (χ4v) is 2.80. The maximum absolute atomic E-state index is 12.0. The average Bonchev–Trinajstić information content (AvgIpc) is 2.87. The van der Waals surface area contributed by atoms with E-state index in [0.717, 1.165) is 10.6 Å². The Labute approximate surface area is 121 Å². The number of rotatable bonds is 4. The molecule has 1 aromatic carbocycles. The average molecular weight is 292 g/mol. The summed E-state index contributed by atoms with van der Waals surface area (Å²) in [6.07, 6.45) is 2.01. The summed E-state index contributed by atoms with van der Waals surface area (Å²) in [7, 11) is 0. The lowest BCUT2D eigenvalue weighted by atomic mass is 10.2. The van der Waals surface area contributed by atoms with E-state index in [4.69, 9.17) is 0 Å². The van der Waals surface area contributed by atoms with Crippen molar-refractivity contribution in [1.29, 1.82) is 0 Å². The summed E-state index contributed by atoms with van der Waals surface area (Å²) in [5, 5.41) is 5.47. The molecule has 5 heteroatoms. The summed E-state index contributed by atoms with van der Waals surface area (Å²) in [4.78, 5) is 17.6. The Bertz CT molecular complexity index is 561. The fraction of sp³-hybridized carbons (Fsp3) is 0.286.